The Morgan fingerprint density at radius 2 is 2.04 bits per heavy atom. The largest absolute Gasteiger partial charge is 0.460 e. The second-order valence-electron chi connectivity index (χ2n) is 5.04. The lowest BCUT2D eigenvalue weighted by Gasteiger charge is -2.03. The third-order valence-electron chi connectivity index (χ3n) is 3.24. The summed E-state index contributed by atoms with van der Waals surface area (Å²) in [4.78, 5) is 5.33. The van der Waals surface area contributed by atoms with Gasteiger partial charge in [-0.1, -0.05) is 34.1 Å². The van der Waals surface area contributed by atoms with E-state index in [4.69, 9.17) is 4.42 Å². The fraction of sp³-hybridized carbons (Fsp3) is 0.111. The van der Waals surface area contributed by atoms with Gasteiger partial charge in [0.25, 0.3) is 0 Å². The van der Waals surface area contributed by atoms with Gasteiger partial charge in [0, 0.05) is 15.4 Å². The Morgan fingerprint density at radius 1 is 1.25 bits per heavy atom. The molecule has 0 atom stereocenters. The molecule has 0 aliphatic carbocycles. The van der Waals surface area contributed by atoms with Crippen molar-refractivity contribution in [1.82, 2.24) is 4.68 Å². The molecule has 4 nitrogen and oxygen atoms in total. The molecule has 0 radical (unpaired) electrons. The maximum Gasteiger partial charge on any atom is 0.206 e. The topological polar surface area (TPSA) is 42.8 Å². The highest BCUT2D eigenvalue weighted by molar-refractivity contribution is 9.10. The summed E-state index contributed by atoms with van der Waals surface area (Å²) in [5.74, 6) is 1.57. The summed E-state index contributed by atoms with van der Waals surface area (Å²) < 4.78 is 8.42. The average Bonchev–Trinajstić information content (AvgIpc) is 3.17. The summed E-state index contributed by atoms with van der Waals surface area (Å²) in [5, 5.41) is 6.62. The van der Waals surface area contributed by atoms with E-state index in [1.807, 2.05) is 48.0 Å². The number of nitrogens with zero attached hydrogens (tertiary/aromatic N) is 3. The minimum Gasteiger partial charge on any atom is -0.460 e. The van der Waals surface area contributed by atoms with Crippen molar-refractivity contribution in [2.24, 2.45) is 10.1 Å². The highest BCUT2D eigenvalue weighted by Crippen LogP contribution is 2.22. The lowest BCUT2D eigenvalue weighted by atomic mass is 10.2. The summed E-state index contributed by atoms with van der Waals surface area (Å²) >= 11 is 5.01. The molecule has 6 heteroatoms. The van der Waals surface area contributed by atoms with Gasteiger partial charge in [-0.3, -0.25) is 4.99 Å². The highest BCUT2D eigenvalue weighted by Gasteiger charge is 2.07. The van der Waals surface area contributed by atoms with Gasteiger partial charge in [0.2, 0.25) is 4.80 Å². The number of aromatic nitrogens is 1. The number of halogens is 1. The molecule has 0 fully saturated rings. The number of hydrogen-bond acceptors (Lipinski definition) is 4. The zero-order chi connectivity index (χ0) is 16.9. The van der Waals surface area contributed by atoms with Crippen LogP contribution in [0.2, 0.25) is 0 Å². The molecule has 2 heterocycles. The molecule has 0 saturated heterocycles. The number of furan rings is 1. The maximum atomic E-state index is 5.55. The Morgan fingerprint density at radius 3 is 2.71 bits per heavy atom. The van der Waals surface area contributed by atoms with Gasteiger partial charge in [-0.25, -0.2) is 4.68 Å². The molecule has 0 bridgehead atoms. The van der Waals surface area contributed by atoms with Crippen molar-refractivity contribution in [2.75, 3.05) is 6.54 Å². The normalized spacial score (nSPS) is 12.2. The van der Waals surface area contributed by atoms with Crippen LogP contribution in [0.5, 0.6) is 0 Å². The van der Waals surface area contributed by atoms with Crippen molar-refractivity contribution in [1.29, 1.82) is 0 Å². The van der Waals surface area contributed by atoms with Crippen LogP contribution in [0.1, 0.15) is 11.5 Å². The number of rotatable bonds is 5. The molecule has 0 aliphatic heterocycles. The van der Waals surface area contributed by atoms with Gasteiger partial charge in [-0.15, -0.1) is 17.9 Å². The first-order valence-corrected chi connectivity index (χ1v) is 9.03. The quantitative estimate of drug-likeness (QED) is 0.445. The zero-order valence-corrected chi connectivity index (χ0v) is 15.5. The molecule has 24 heavy (non-hydrogen) atoms. The first-order valence-electron chi connectivity index (χ1n) is 7.36. The van der Waals surface area contributed by atoms with Gasteiger partial charge >= 0.3 is 0 Å². The predicted molar refractivity (Wildman–Crippen MR) is 103 cm³/mol. The van der Waals surface area contributed by atoms with Crippen molar-refractivity contribution in [3.63, 3.8) is 0 Å². The molecule has 3 aromatic rings. The van der Waals surface area contributed by atoms with Crippen LogP contribution in [0, 0.1) is 6.92 Å². The van der Waals surface area contributed by atoms with Crippen LogP contribution in [-0.4, -0.2) is 17.4 Å². The third-order valence-corrected chi connectivity index (χ3v) is 4.63. The van der Waals surface area contributed by atoms with Crippen molar-refractivity contribution in [2.45, 2.75) is 6.92 Å². The van der Waals surface area contributed by atoms with E-state index >= 15 is 0 Å². The van der Waals surface area contributed by atoms with E-state index in [0.29, 0.717) is 12.3 Å². The van der Waals surface area contributed by atoms with Crippen LogP contribution in [0.15, 0.2) is 73.4 Å². The van der Waals surface area contributed by atoms with E-state index in [1.165, 1.54) is 0 Å². The predicted octanol–water partition coefficient (Wildman–Crippen LogP) is 4.85. The smallest absolute Gasteiger partial charge is 0.206 e. The molecule has 0 unspecified atom stereocenters. The molecule has 0 N–H and O–H groups in total. The summed E-state index contributed by atoms with van der Waals surface area (Å²) in [5.41, 5.74) is 2.05. The van der Waals surface area contributed by atoms with E-state index in [2.05, 4.69) is 38.0 Å². The van der Waals surface area contributed by atoms with Crippen molar-refractivity contribution < 1.29 is 4.42 Å². The van der Waals surface area contributed by atoms with Crippen LogP contribution < -0.4 is 4.80 Å². The minimum absolute atomic E-state index is 0.551. The van der Waals surface area contributed by atoms with E-state index in [-0.39, 0.29) is 0 Å². The van der Waals surface area contributed by atoms with Gasteiger partial charge in [-0.05, 0) is 31.2 Å². The summed E-state index contributed by atoms with van der Waals surface area (Å²) in [7, 11) is 0. The molecule has 0 aliphatic rings. The highest BCUT2D eigenvalue weighted by atomic mass is 79.9. The Bertz CT molecular complexity index is 932. The lowest BCUT2D eigenvalue weighted by molar-refractivity contribution is 0.527. The van der Waals surface area contributed by atoms with Gasteiger partial charge in [0.05, 0.1) is 18.5 Å². The molecule has 0 saturated carbocycles. The van der Waals surface area contributed by atoms with E-state index in [9.17, 15) is 0 Å². The van der Waals surface area contributed by atoms with Crippen LogP contribution in [0.25, 0.3) is 11.3 Å². The molecular formula is C18H16BrN3OS. The number of aryl methyl sites for hydroxylation is 1. The lowest BCUT2D eigenvalue weighted by Crippen LogP contribution is -2.12. The summed E-state index contributed by atoms with van der Waals surface area (Å²) in [6.45, 7) is 6.18. The second kappa shape index (κ2) is 7.59. The monoisotopic (exact) mass is 401 g/mol. The van der Waals surface area contributed by atoms with Gasteiger partial charge in [0.15, 0.2) is 0 Å². The average molecular weight is 402 g/mol. The Hall–Kier alpha value is -2.18. The van der Waals surface area contributed by atoms with Crippen molar-refractivity contribution in [3.05, 3.63) is 75.2 Å². The molecule has 2 aromatic heterocycles. The second-order valence-corrected chi connectivity index (χ2v) is 6.80. The molecule has 3 rings (SSSR count). The standard InChI is InChI=1S/C18H16BrN3OS/c1-3-10-20-18-22(21-11-16-9-4-13(2)23-16)17(12-24-18)14-5-7-15(19)8-6-14/h3-9,11-12H,1,10H2,2H3. The molecule has 0 spiro atoms. The maximum absolute atomic E-state index is 5.55. The fourth-order valence-corrected chi connectivity index (χ4v) is 3.23. The molecule has 0 amide bonds. The van der Waals surface area contributed by atoms with Crippen LogP contribution in [0.4, 0.5) is 0 Å². The van der Waals surface area contributed by atoms with Gasteiger partial charge in [-0.2, -0.15) is 5.10 Å². The third kappa shape index (κ3) is 3.83. The van der Waals surface area contributed by atoms with E-state index in [0.717, 1.165) is 26.3 Å². The Balaban J connectivity index is 2.06. The fourth-order valence-electron chi connectivity index (χ4n) is 2.12. The number of benzene rings is 1. The number of hydrogen-bond donors (Lipinski definition) is 0. The van der Waals surface area contributed by atoms with Gasteiger partial charge in [0.1, 0.15) is 11.5 Å². The molecule has 1 aromatic carbocycles. The van der Waals surface area contributed by atoms with E-state index < -0.39 is 0 Å². The SMILES string of the molecule is C=CCN=c1scc(-c2ccc(Br)cc2)n1N=Cc1ccc(C)o1. The van der Waals surface area contributed by atoms with Crippen LogP contribution in [-0.2, 0) is 0 Å². The molecular weight excluding hydrogens is 386 g/mol. The first kappa shape index (κ1) is 16.7. The van der Waals surface area contributed by atoms with Crippen molar-refractivity contribution in [3.8, 4) is 11.3 Å². The summed E-state index contributed by atoms with van der Waals surface area (Å²) in [6.07, 6.45) is 3.47. The first-order chi connectivity index (χ1) is 11.7. The van der Waals surface area contributed by atoms with Crippen molar-refractivity contribution >= 4 is 33.5 Å². The Kier molecular flexibility index (Phi) is 5.27. The molecule has 122 valence electrons. The number of thiazole rings is 1. The van der Waals surface area contributed by atoms with Crippen LogP contribution in [0.3, 0.4) is 0 Å². The summed E-state index contributed by atoms with van der Waals surface area (Å²) in [6, 6.07) is 11.9. The van der Waals surface area contributed by atoms with Gasteiger partial charge < -0.3 is 4.42 Å². The minimum atomic E-state index is 0.551. The van der Waals surface area contributed by atoms with Crippen LogP contribution >= 0.6 is 27.3 Å². The zero-order valence-electron chi connectivity index (χ0n) is 13.1. The Labute approximate surface area is 152 Å². The van der Waals surface area contributed by atoms with E-state index in [1.54, 1.807) is 23.6 Å².